The number of hydrogen-bond acceptors (Lipinski definition) is 14. The fraction of sp³-hybridized carbons (Fsp3) is 0.500. The van der Waals surface area contributed by atoms with Crippen molar-refractivity contribution in [3.63, 3.8) is 0 Å². The van der Waals surface area contributed by atoms with E-state index in [2.05, 4.69) is 0 Å². The molecular formula is C34H44N2O13. The predicted molar refractivity (Wildman–Crippen MR) is 172 cm³/mol. The summed E-state index contributed by atoms with van der Waals surface area (Å²) < 4.78 is 44.0. The van der Waals surface area contributed by atoms with Gasteiger partial charge < -0.3 is 43.6 Å². The molecule has 1 saturated heterocycles. The van der Waals surface area contributed by atoms with Gasteiger partial charge in [0, 0.05) is 33.7 Å². The Bertz CT molecular complexity index is 1470. The zero-order valence-corrected chi connectivity index (χ0v) is 28.7. The van der Waals surface area contributed by atoms with Crippen molar-refractivity contribution in [1.82, 2.24) is 4.90 Å². The summed E-state index contributed by atoms with van der Waals surface area (Å²) in [4.78, 5) is 63.0. The van der Waals surface area contributed by atoms with Crippen LogP contribution in [0.1, 0.15) is 52.7 Å². The molecule has 15 nitrogen and oxygen atoms in total. The van der Waals surface area contributed by atoms with Crippen LogP contribution in [0.2, 0.25) is 0 Å². The summed E-state index contributed by atoms with van der Waals surface area (Å²) in [7, 11) is 1.08. The fourth-order valence-corrected chi connectivity index (χ4v) is 5.00. The Morgan fingerprint density at radius 3 is 2.04 bits per heavy atom. The summed E-state index contributed by atoms with van der Waals surface area (Å²) in [5, 5.41) is 0. The molecule has 0 radical (unpaired) electrons. The third-order valence-electron chi connectivity index (χ3n) is 7.24. The van der Waals surface area contributed by atoms with Gasteiger partial charge in [-0.3, -0.25) is 19.3 Å². The number of amides is 1. The Kier molecular flexibility index (Phi) is 13.8. The van der Waals surface area contributed by atoms with Crippen molar-refractivity contribution in [3.8, 4) is 5.75 Å². The number of rotatable bonds is 14. The van der Waals surface area contributed by atoms with Gasteiger partial charge in [0.05, 0.1) is 18.4 Å². The topological polar surface area (TPSA) is 188 Å². The van der Waals surface area contributed by atoms with Crippen LogP contribution in [0.25, 0.3) is 0 Å². The maximum absolute atomic E-state index is 12.9. The molecule has 0 bridgehead atoms. The van der Waals surface area contributed by atoms with Crippen LogP contribution in [0.3, 0.4) is 0 Å². The molecule has 3 rings (SSSR count). The minimum Gasteiger partial charge on any atom is -0.467 e. The molecule has 1 aliphatic heterocycles. The molecule has 2 aromatic carbocycles. The Labute approximate surface area is 284 Å². The molecule has 1 heterocycles. The quantitative estimate of drug-likeness (QED) is 0.132. The average molecular weight is 689 g/mol. The number of nitrogens with two attached hydrogens (primary N) is 1. The second-order valence-corrected chi connectivity index (χ2v) is 11.8. The molecule has 3 unspecified atom stereocenters. The number of nitrogen functional groups attached to an aromatic ring is 1. The van der Waals surface area contributed by atoms with Gasteiger partial charge in [-0.25, -0.2) is 9.59 Å². The lowest BCUT2D eigenvalue weighted by molar-refractivity contribution is -0.282. The minimum absolute atomic E-state index is 0.0220. The third-order valence-corrected chi connectivity index (χ3v) is 7.24. The molecule has 49 heavy (non-hydrogen) atoms. The van der Waals surface area contributed by atoms with E-state index in [1.807, 2.05) is 44.2 Å². The van der Waals surface area contributed by atoms with Crippen molar-refractivity contribution in [2.24, 2.45) is 0 Å². The van der Waals surface area contributed by atoms with Crippen LogP contribution in [0, 0.1) is 0 Å². The number of anilines is 1. The lowest BCUT2D eigenvalue weighted by Crippen LogP contribution is -2.64. The molecule has 15 heteroatoms. The van der Waals surface area contributed by atoms with Gasteiger partial charge in [0.1, 0.15) is 19.1 Å². The van der Waals surface area contributed by atoms with E-state index < -0.39 is 66.3 Å². The highest BCUT2D eigenvalue weighted by Crippen LogP contribution is 2.33. The summed E-state index contributed by atoms with van der Waals surface area (Å²) >= 11 is 0. The summed E-state index contributed by atoms with van der Waals surface area (Å²) in [6.45, 7) is 9.18. The van der Waals surface area contributed by atoms with Crippen LogP contribution in [0.5, 0.6) is 5.75 Å². The second-order valence-electron chi connectivity index (χ2n) is 11.8. The molecule has 2 N–H and O–H groups in total. The molecule has 0 aliphatic carbocycles. The Hall–Kier alpha value is -4.89. The number of carbonyl (C=O) groups is 5. The third kappa shape index (κ3) is 11.4. The Balaban J connectivity index is 1.72. The fourth-order valence-electron chi connectivity index (χ4n) is 5.00. The van der Waals surface area contributed by atoms with Gasteiger partial charge >= 0.3 is 30.0 Å². The monoisotopic (exact) mass is 688 g/mol. The van der Waals surface area contributed by atoms with Crippen molar-refractivity contribution in [1.29, 1.82) is 0 Å². The SMILES string of the molecule is CCN(COC(C)(C)Cc1ccccc1)C(=O)OCc1ccc(O[C@H]2OC(C(=O)OC)C(OC(C)=O)[C@H](OC(C)=O)C2OC(C)=O)c(N)c1. The number of nitrogens with zero attached hydrogens (tertiary/aromatic N) is 1. The molecule has 0 spiro atoms. The highest BCUT2D eigenvalue weighted by Gasteiger charge is 2.56. The average Bonchev–Trinajstić information content (AvgIpc) is 3.03. The molecule has 5 atom stereocenters. The highest BCUT2D eigenvalue weighted by atomic mass is 16.7. The van der Waals surface area contributed by atoms with Crippen molar-refractivity contribution < 1.29 is 61.9 Å². The van der Waals surface area contributed by atoms with Crippen LogP contribution in [-0.2, 0) is 65.4 Å². The molecule has 0 aromatic heterocycles. The van der Waals surface area contributed by atoms with Crippen molar-refractivity contribution in [2.75, 3.05) is 26.1 Å². The zero-order valence-electron chi connectivity index (χ0n) is 28.7. The summed E-state index contributed by atoms with van der Waals surface area (Å²) in [6, 6.07) is 14.4. The molecule has 1 amide bonds. The van der Waals surface area contributed by atoms with Gasteiger partial charge in [0.25, 0.3) is 0 Å². The van der Waals surface area contributed by atoms with E-state index >= 15 is 0 Å². The number of benzene rings is 2. The summed E-state index contributed by atoms with van der Waals surface area (Å²) in [5.41, 5.74) is 7.42. The highest BCUT2D eigenvalue weighted by molar-refractivity contribution is 5.77. The predicted octanol–water partition coefficient (Wildman–Crippen LogP) is 3.29. The minimum atomic E-state index is -1.63. The molecule has 1 aliphatic rings. The van der Waals surface area contributed by atoms with Gasteiger partial charge in [0.2, 0.25) is 12.4 Å². The molecule has 2 aromatic rings. The Morgan fingerprint density at radius 1 is 0.857 bits per heavy atom. The lowest BCUT2D eigenvalue weighted by Gasteiger charge is -2.43. The van der Waals surface area contributed by atoms with Crippen LogP contribution in [0.15, 0.2) is 48.5 Å². The molecule has 268 valence electrons. The van der Waals surface area contributed by atoms with Gasteiger partial charge in [0.15, 0.2) is 18.3 Å². The van der Waals surface area contributed by atoms with Crippen molar-refractivity contribution in [3.05, 3.63) is 59.7 Å². The van der Waals surface area contributed by atoms with E-state index in [-0.39, 0.29) is 24.8 Å². The van der Waals surface area contributed by atoms with E-state index in [0.29, 0.717) is 18.5 Å². The second kappa shape index (κ2) is 17.5. The molecule has 0 saturated carbocycles. The van der Waals surface area contributed by atoms with Crippen LogP contribution >= 0.6 is 0 Å². The maximum Gasteiger partial charge on any atom is 0.411 e. The van der Waals surface area contributed by atoms with Gasteiger partial charge in [-0.2, -0.15) is 0 Å². The standard InChI is InChI=1S/C34H44N2O13/c1-8-36(19-44-34(5,6)17-23-12-10-9-11-13-23)33(41)43-18-24-14-15-26(25(35)16-24)48-32-30(47-22(4)39)28(46-21(3)38)27(45-20(2)37)29(49-32)31(40)42-7/h9-16,27-30,32H,8,17-19,35H2,1-7H3/t27?,28-,29?,30?,32-/m0/s1. The van der Waals surface area contributed by atoms with Gasteiger partial charge in [-0.1, -0.05) is 36.4 Å². The van der Waals surface area contributed by atoms with Crippen molar-refractivity contribution >= 4 is 35.7 Å². The summed E-state index contributed by atoms with van der Waals surface area (Å²) in [5.74, 6) is -3.42. The van der Waals surface area contributed by atoms with E-state index in [0.717, 1.165) is 33.4 Å². The Morgan fingerprint density at radius 2 is 1.47 bits per heavy atom. The summed E-state index contributed by atoms with van der Waals surface area (Å²) in [6.07, 6.45) is -7.74. The van der Waals surface area contributed by atoms with Gasteiger partial charge in [-0.05, 0) is 44.0 Å². The number of methoxy groups -OCH3 is 1. The number of ether oxygens (including phenoxy) is 8. The first-order valence-corrected chi connectivity index (χ1v) is 15.5. The van der Waals surface area contributed by atoms with E-state index in [1.54, 1.807) is 13.0 Å². The van der Waals surface area contributed by atoms with E-state index in [9.17, 15) is 24.0 Å². The first-order chi connectivity index (χ1) is 23.1. The zero-order chi connectivity index (χ0) is 36.3. The van der Waals surface area contributed by atoms with E-state index in [4.69, 9.17) is 43.6 Å². The number of carbonyl (C=O) groups excluding carboxylic acids is 5. The smallest absolute Gasteiger partial charge is 0.411 e. The number of esters is 4. The van der Waals surface area contributed by atoms with Crippen LogP contribution in [-0.4, -0.2) is 91.6 Å². The maximum atomic E-state index is 12.9. The first-order valence-electron chi connectivity index (χ1n) is 15.5. The molecular weight excluding hydrogens is 644 g/mol. The van der Waals surface area contributed by atoms with Crippen molar-refractivity contribution in [2.45, 2.75) is 90.9 Å². The van der Waals surface area contributed by atoms with E-state index in [1.165, 1.54) is 17.0 Å². The van der Waals surface area contributed by atoms with Gasteiger partial charge in [-0.15, -0.1) is 0 Å². The number of hydrogen-bond donors (Lipinski definition) is 1. The largest absolute Gasteiger partial charge is 0.467 e. The van der Waals surface area contributed by atoms with Crippen LogP contribution < -0.4 is 10.5 Å². The first kappa shape index (κ1) is 38.6. The van der Waals surface area contributed by atoms with Crippen LogP contribution in [0.4, 0.5) is 10.5 Å². The lowest BCUT2D eigenvalue weighted by atomic mass is 9.97. The molecule has 1 fully saturated rings. The normalized spacial score (nSPS) is 20.3.